The SMILES string of the molecule is O=c1cc(-c2ccccc2)oc2c(N3CCOCC3)cccc12. The van der Waals surface area contributed by atoms with E-state index >= 15 is 0 Å². The van der Waals surface area contributed by atoms with E-state index in [1.54, 1.807) is 6.07 Å². The quantitative estimate of drug-likeness (QED) is 0.728. The van der Waals surface area contributed by atoms with Crippen LogP contribution in [0, 0.1) is 0 Å². The second kappa shape index (κ2) is 5.89. The Bertz CT molecular complexity index is 880. The number of para-hydroxylation sites is 1. The third kappa shape index (κ3) is 2.62. The number of fused-ring (bicyclic) bond motifs is 1. The predicted molar refractivity (Wildman–Crippen MR) is 91.0 cm³/mol. The van der Waals surface area contributed by atoms with E-state index in [1.807, 2.05) is 48.5 Å². The van der Waals surface area contributed by atoms with Crippen molar-refractivity contribution in [2.45, 2.75) is 0 Å². The molecular formula is C19H17NO3. The number of hydrogen-bond donors (Lipinski definition) is 0. The Morgan fingerprint density at radius 1 is 0.913 bits per heavy atom. The van der Waals surface area contributed by atoms with E-state index in [1.165, 1.54) is 0 Å². The number of nitrogens with zero attached hydrogens (tertiary/aromatic N) is 1. The molecule has 0 amide bonds. The zero-order chi connectivity index (χ0) is 15.6. The van der Waals surface area contributed by atoms with E-state index in [9.17, 15) is 4.79 Å². The molecule has 0 aliphatic carbocycles. The lowest BCUT2D eigenvalue weighted by Crippen LogP contribution is -2.36. The van der Waals surface area contributed by atoms with Gasteiger partial charge >= 0.3 is 0 Å². The molecule has 0 atom stereocenters. The van der Waals surface area contributed by atoms with Crippen LogP contribution in [0.15, 0.2) is 63.8 Å². The molecule has 0 bridgehead atoms. The maximum Gasteiger partial charge on any atom is 0.193 e. The van der Waals surface area contributed by atoms with Gasteiger partial charge < -0.3 is 14.1 Å². The lowest BCUT2D eigenvalue weighted by molar-refractivity contribution is 0.122. The highest BCUT2D eigenvalue weighted by molar-refractivity contribution is 5.90. The molecule has 23 heavy (non-hydrogen) atoms. The first-order chi connectivity index (χ1) is 11.3. The zero-order valence-electron chi connectivity index (χ0n) is 12.7. The fourth-order valence-electron chi connectivity index (χ4n) is 2.96. The van der Waals surface area contributed by atoms with Crippen LogP contribution in [0.4, 0.5) is 5.69 Å². The molecule has 3 aromatic rings. The van der Waals surface area contributed by atoms with E-state index in [-0.39, 0.29) is 5.43 Å². The summed E-state index contributed by atoms with van der Waals surface area (Å²) in [4.78, 5) is 14.7. The molecule has 0 saturated carbocycles. The normalized spacial score (nSPS) is 15.0. The number of ether oxygens (including phenoxy) is 1. The number of anilines is 1. The summed E-state index contributed by atoms with van der Waals surface area (Å²) < 4.78 is 11.5. The fourth-order valence-corrected chi connectivity index (χ4v) is 2.96. The van der Waals surface area contributed by atoms with Crippen LogP contribution in [0.2, 0.25) is 0 Å². The van der Waals surface area contributed by atoms with Gasteiger partial charge in [-0.05, 0) is 12.1 Å². The van der Waals surface area contributed by atoms with Crippen LogP contribution in [0.1, 0.15) is 0 Å². The highest BCUT2D eigenvalue weighted by Crippen LogP contribution is 2.29. The molecule has 116 valence electrons. The molecule has 1 aliphatic heterocycles. The molecule has 4 nitrogen and oxygen atoms in total. The lowest BCUT2D eigenvalue weighted by Gasteiger charge is -2.29. The standard InChI is InChI=1S/C19H17NO3/c21-17-13-18(14-5-2-1-3-6-14)23-19-15(17)7-4-8-16(19)20-9-11-22-12-10-20/h1-8,13H,9-12H2. The van der Waals surface area contributed by atoms with E-state index in [2.05, 4.69) is 4.90 Å². The number of morpholine rings is 1. The van der Waals surface area contributed by atoms with Crippen molar-refractivity contribution in [1.29, 1.82) is 0 Å². The number of hydrogen-bond acceptors (Lipinski definition) is 4. The lowest BCUT2D eigenvalue weighted by atomic mass is 10.1. The highest BCUT2D eigenvalue weighted by Gasteiger charge is 2.17. The average molecular weight is 307 g/mol. The fraction of sp³-hybridized carbons (Fsp3) is 0.211. The van der Waals surface area contributed by atoms with Crippen LogP contribution in [-0.2, 0) is 4.74 Å². The Balaban J connectivity index is 1.91. The van der Waals surface area contributed by atoms with Crippen molar-refractivity contribution in [2.75, 3.05) is 31.2 Å². The molecule has 0 radical (unpaired) electrons. The van der Waals surface area contributed by atoms with Gasteiger partial charge in [0.25, 0.3) is 0 Å². The summed E-state index contributed by atoms with van der Waals surface area (Å²) in [5.74, 6) is 0.601. The van der Waals surface area contributed by atoms with Crippen LogP contribution in [0.5, 0.6) is 0 Å². The van der Waals surface area contributed by atoms with Gasteiger partial charge in [0.15, 0.2) is 11.0 Å². The molecule has 4 rings (SSSR count). The molecule has 2 heterocycles. The second-order valence-electron chi connectivity index (χ2n) is 5.59. The Morgan fingerprint density at radius 2 is 1.70 bits per heavy atom. The van der Waals surface area contributed by atoms with E-state index in [4.69, 9.17) is 9.15 Å². The first-order valence-electron chi connectivity index (χ1n) is 7.78. The van der Waals surface area contributed by atoms with Crippen LogP contribution in [0.25, 0.3) is 22.3 Å². The summed E-state index contributed by atoms with van der Waals surface area (Å²) in [5, 5.41) is 0.619. The largest absolute Gasteiger partial charge is 0.454 e. The summed E-state index contributed by atoms with van der Waals surface area (Å²) >= 11 is 0. The minimum atomic E-state index is -0.0137. The summed E-state index contributed by atoms with van der Waals surface area (Å²) in [5.41, 5.74) is 2.50. The maximum atomic E-state index is 12.5. The van der Waals surface area contributed by atoms with Crippen molar-refractivity contribution in [3.8, 4) is 11.3 Å². The van der Waals surface area contributed by atoms with Gasteiger partial charge in [0.2, 0.25) is 0 Å². The van der Waals surface area contributed by atoms with Crippen LogP contribution in [-0.4, -0.2) is 26.3 Å². The van der Waals surface area contributed by atoms with E-state index < -0.39 is 0 Å². The van der Waals surface area contributed by atoms with E-state index in [0.29, 0.717) is 29.9 Å². The molecule has 1 fully saturated rings. The highest BCUT2D eigenvalue weighted by atomic mass is 16.5. The Kier molecular flexibility index (Phi) is 3.60. The van der Waals surface area contributed by atoms with Gasteiger partial charge in [-0.15, -0.1) is 0 Å². The maximum absolute atomic E-state index is 12.5. The van der Waals surface area contributed by atoms with Crippen LogP contribution < -0.4 is 10.3 Å². The van der Waals surface area contributed by atoms with Crippen molar-refractivity contribution >= 4 is 16.7 Å². The van der Waals surface area contributed by atoms with Gasteiger partial charge in [0, 0.05) is 24.7 Å². The van der Waals surface area contributed by atoms with Crippen molar-refractivity contribution in [3.05, 3.63) is 64.8 Å². The van der Waals surface area contributed by atoms with Crippen molar-refractivity contribution < 1.29 is 9.15 Å². The molecule has 0 N–H and O–H groups in total. The minimum Gasteiger partial charge on any atom is -0.454 e. The summed E-state index contributed by atoms with van der Waals surface area (Å²) in [7, 11) is 0. The number of rotatable bonds is 2. The molecule has 2 aromatic carbocycles. The second-order valence-corrected chi connectivity index (χ2v) is 5.59. The summed E-state index contributed by atoms with van der Waals surface area (Å²) in [6, 6.07) is 17.0. The van der Waals surface area contributed by atoms with Gasteiger partial charge in [0.1, 0.15) is 5.76 Å². The van der Waals surface area contributed by atoms with Crippen molar-refractivity contribution in [2.24, 2.45) is 0 Å². The van der Waals surface area contributed by atoms with Gasteiger partial charge in [0.05, 0.1) is 24.3 Å². The molecular weight excluding hydrogens is 290 g/mol. The van der Waals surface area contributed by atoms with Gasteiger partial charge in [-0.3, -0.25) is 4.79 Å². The predicted octanol–water partition coefficient (Wildman–Crippen LogP) is 3.30. The molecule has 1 saturated heterocycles. The zero-order valence-corrected chi connectivity index (χ0v) is 12.7. The van der Waals surface area contributed by atoms with Crippen LogP contribution in [0.3, 0.4) is 0 Å². The van der Waals surface area contributed by atoms with Crippen molar-refractivity contribution in [3.63, 3.8) is 0 Å². The number of benzene rings is 2. The first kappa shape index (κ1) is 14.0. The minimum absolute atomic E-state index is 0.0137. The Labute approximate surface area is 133 Å². The smallest absolute Gasteiger partial charge is 0.193 e. The van der Waals surface area contributed by atoms with Crippen molar-refractivity contribution in [1.82, 2.24) is 0 Å². The molecule has 1 aromatic heterocycles. The first-order valence-corrected chi connectivity index (χ1v) is 7.78. The average Bonchev–Trinajstić information content (AvgIpc) is 2.63. The van der Waals surface area contributed by atoms with Gasteiger partial charge in [-0.2, -0.15) is 0 Å². The molecule has 4 heteroatoms. The van der Waals surface area contributed by atoms with Gasteiger partial charge in [-0.25, -0.2) is 0 Å². The van der Waals surface area contributed by atoms with E-state index in [0.717, 1.165) is 24.3 Å². The Morgan fingerprint density at radius 3 is 2.48 bits per heavy atom. The third-order valence-corrected chi connectivity index (χ3v) is 4.14. The summed E-state index contributed by atoms with van der Waals surface area (Å²) in [6.45, 7) is 2.99. The summed E-state index contributed by atoms with van der Waals surface area (Å²) in [6.07, 6.45) is 0. The topological polar surface area (TPSA) is 42.7 Å². The van der Waals surface area contributed by atoms with Gasteiger partial charge in [-0.1, -0.05) is 36.4 Å². The third-order valence-electron chi connectivity index (χ3n) is 4.14. The monoisotopic (exact) mass is 307 g/mol. The Hall–Kier alpha value is -2.59. The molecule has 1 aliphatic rings. The van der Waals surface area contributed by atoms with Crippen LogP contribution >= 0.6 is 0 Å². The molecule has 0 unspecified atom stereocenters. The molecule has 0 spiro atoms.